The predicted octanol–water partition coefficient (Wildman–Crippen LogP) is 1.97. The van der Waals surface area contributed by atoms with Gasteiger partial charge in [0.05, 0.1) is 5.41 Å². The van der Waals surface area contributed by atoms with Gasteiger partial charge in [-0.15, -0.1) is 0 Å². The number of carbonyl (C=O) groups is 2. The number of carbonyl (C=O) groups excluding carboxylic acids is 2. The van der Waals surface area contributed by atoms with Crippen molar-refractivity contribution in [1.82, 2.24) is 5.32 Å². The van der Waals surface area contributed by atoms with Crippen LogP contribution in [-0.2, 0) is 4.79 Å². The van der Waals surface area contributed by atoms with E-state index in [0.717, 1.165) is 0 Å². The molecule has 1 aromatic rings. The lowest BCUT2D eigenvalue weighted by atomic mass is 9.93. The molecule has 0 saturated carbocycles. The van der Waals surface area contributed by atoms with Gasteiger partial charge in [0.15, 0.2) is 0 Å². The third-order valence-electron chi connectivity index (χ3n) is 2.46. The van der Waals surface area contributed by atoms with E-state index in [1.165, 1.54) is 0 Å². The van der Waals surface area contributed by atoms with Gasteiger partial charge in [-0.1, -0.05) is 11.6 Å². The minimum atomic E-state index is -0.780. The second kappa shape index (κ2) is 5.73. The van der Waals surface area contributed by atoms with Gasteiger partial charge in [-0.05, 0) is 38.1 Å². The zero-order valence-corrected chi connectivity index (χ0v) is 11.0. The largest absolute Gasteiger partial charge is 0.369 e. The molecule has 0 bridgehead atoms. The molecule has 98 valence electrons. The normalized spacial score (nSPS) is 10.8. The van der Waals surface area contributed by atoms with Crippen molar-refractivity contribution in [1.29, 1.82) is 0 Å². The highest BCUT2D eigenvalue weighted by Gasteiger charge is 2.25. The second-order valence-electron chi connectivity index (χ2n) is 4.56. The summed E-state index contributed by atoms with van der Waals surface area (Å²) in [6.07, 6.45) is 0. The molecule has 0 aliphatic heterocycles. The van der Waals surface area contributed by atoms with Crippen LogP contribution in [0.4, 0.5) is 10.5 Å². The Balaban J connectivity index is 2.48. The van der Waals surface area contributed by atoms with E-state index in [1.807, 2.05) is 0 Å². The average Bonchev–Trinajstić information content (AvgIpc) is 2.29. The highest BCUT2D eigenvalue weighted by atomic mass is 35.5. The molecule has 1 rings (SSSR count). The van der Waals surface area contributed by atoms with Gasteiger partial charge in [0.25, 0.3) is 0 Å². The van der Waals surface area contributed by atoms with Gasteiger partial charge in [-0.25, -0.2) is 4.79 Å². The number of benzene rings is 1. The smallest absolute Gasteiger partial charge is 0.319 e. The molecule has 0 radical (unpaired) electrons. The molecule has 0 atom stereocenters. The van der Waals surface area contributed by atoms with Gasteiger partial charge < -0.3 is 16.4 Å². The summed E-state index contributed by atoms with van der Waals surface area (Å²) in [6, 6.07) is 6.31. The molecule has 3 amide bonds. The van der Waals surface area contributed by atoms with E-state index in [2.05, 4.69) is 10.6 Å². The van der Waals surface area contributed by atoms with E-state index in [4.69, 9.17) is 17.3 Å². The number of amides is 3. The Morgan fingerprint density at radius 3 is 2.33 bits per heavy atom. The molecule has 0 fully saturated rings. The van der Waals surface area contributed by atoms with Crippen LogP contribution in [0.2, 0.25) is 5.02 Å². The summed E-state index contributed by atoms with van der Waals surface area (Å²) in [5.74, 6) is -0.464. The zero-order chi connectivity index (χ0) is 13.8. The Hall–Kier alpha value is -1.75. The maximum absolute atomic E-state index is 11.6. The quantitative estimate of drug-likeness (QED) is 0.781. The minimum Gasteiger partial charge on any atom is -0.369 e. The highest BCUT2D eigenvalue weighted by molar-refractivity contribution is 6.30. The van der Waals surface area contributed by atoms with Crippen molar-refractivity contribution in [3.63, 3.8) is 0 Å². The number of nitrogens with one attached hydrogen (secondary N) is 2. The summed E-state index contributed by atoms with van der Waals surface area (Å²) in [6.45, 7) is 3.50. The summed E-state index contributed by atoms with van der Waals surface area (Å²) < 4.78 is 0. The van der Waals surface area contributed by atoms with Gasteiger partial charge in [0.1, 0.15) is 0 Å². The maximum Gasteiger partial charge on any atom is 0.319 e. The SMILES string of the molecule is CC(C)(CNC(=O)Nc1ccc(Cl)cc1)C(N)=O. The Morgan fingerprint density at radius 1 is 1.28 bits per heavy atom. The lowest BCUT2D eigenvalue weighted by Crippen LogP contribution is -2.43. The number of halogens is 1. The summed E-state index contributed by atoms with van der Waals surface area (Å²) in [4.78, 5) is 22.6. The average molecular weight is 270 g/mol. The highest BCUT2D eigenvalue weighted by Crippen LogP contribution is 2.14. The molecule has 4 N–H and O–H groups in total. The van der Waals surface area contributed by atoms with Crippen LogP contribution in [0.3, 0.4) is 0 Å². The van der Waals surface area contributed by atoms with Crippen molar-refractivity contribution in [2.24, 2.45) is 11.1 Å². The van der Waals surface area contributed by atoms with Crippen molar-refractivity contribution in [3.05, 3.63) is 29.3 Å². The minimum absolute atomic E-state index is 0.168. The monoisotopic (exact) mass is 269 g/mol. The molecule has 0 aromatic heterocycles. The fraction of sp³-hybridized carbons (Fsp3) is 0.333. The second-order valence-corrected chi connectivity index (χ2v) is 5.00. The third-order valence-corrected chi connectivity index (χ3v) is 2.71. The molecule has 1 aromatic carbocycles. The molecule has 0 saturated heterocycles. The van der Waals surface area contributed by atoms with E-state index in [0.29, 0.717) is 10.7 Å². The van der Waals surface area contributed by atoms with Gasteiger partial charge in [-0.3, -0.25) is 4.79 Å². The van der Waals surface area contributed by atoms with Gasteiger partial charge >= 0.3 is 6.03 Å². The summed E-state index contributed by atoms with van der Waals surface area (Å²) in [5.41, 5.74) is 5.04. The van der Waals surface area contributed by atoms with Crippen LogP contribution in [0.15, 0.2) is 24.3 Å². The number of rotatable bonds is 4. The maximum atomic E-state index is 11.6. The van der Waals surface area contributed by atoms with Crippen LogP contribution in [0, 0.1) is 5.41 Å². The fourth-order valence-electron chi connectivity index (χ4n) is 1.10. The van der Waals surface area contributed by atoms with Crippen LogP contribution in [-0.4, -0.2) is 18.5 Å². The number of hydrogen-bond donors (Lipinski definition) is 3. The molecule has 6 heteroatoms. The lowest BCUT2D eigenvalue weighted by molar-refractivity contribution is -0.125. The fourth-order valence-corrected chi connectivity index (χ4v) is 1.22. The molecule has 0 aliphatic rings. The first-order valence-electron chi connectivity index (χ1n) is 5.41. The van der Waals surface area contributed by atoms with Crippen LogP contribution in [0.25, 0.3) is 0 Å². The van der Waals surface area contributed by atoms with Crippen LogP contribution < -0.4 is 16.4 Å². The lowest BCUT2D eigenvalue weighted by Gasteiger charge is -2.20. The van der Waals surface area contributed by atoms with Crippen molar-refractivity contribution >= 4 is 29.2 Å². The number of hydrogen-bond acceptors (Lipinski definition) is 2. The Kier molecular flexibility index (Phi) is 4.55. The predicted molar refractivity (Wildman–Crippen MR) is 71.4 cm³/mol. The Bertz CT molecular complexity index is 443. The first kappa shape index (κ1) is 14.3. The van der Waals surface area contributed by atoms with Crippen LogP contribution >= 0.6 is 11.6 Å². The van der Waals surface area contributed by atoms with Crippen LogP contribution in [0.5, 0.6) is 0 Å². The van der Waals surface area contributed by atoms with Gasteiger partial charge in [-0.2, -0.15) is 0 Å². The molecular formula is C12H16ClN3O2. The molecule has 0 unspecified atom stereocenters. The van der Waals surface area contributed by atoms with Crippen molar-refractivity contribution in [2.45, 2.75) is 13.8 Å². The number of urea groups is 1. The Labute approximate surface area is 111 Å². The summed E-state index contributed by atoms with van der Waals surface area (Å²) in [7, 11) is 0. The van der Waals surface area contributed by atoms with E-state index in [1.54, 1.807) is 38.1 Å². The molecule has 0 aliphatic carbocycles. The van der Waals surface area contributed by atoms with Gasteiger partial charge in [0, 0.05) is 17.3 Å². The first-order chi connectivity index (χ1) is 8.31. The first-order valence-corrected chi connectivity index (χ1v) is 5.79. The van der Waals surface area contributed by atoms with Crippen molar-refractivity contribution < 1.29 is 9.59 Å². The number of primary amides is 1. The summed E-state index contributed by atoms with van der Waals surface area (Å²) in [5, 5.41) is 5.80. The van der Waals surface area contributed by atoms with Crippen molar-refractivity contribution in [3.8, 4) is 0 Å². The van der Waals surface area contributed by atoms with E-state index < -0.39 is 17.4 Å². The molecule has 18 heavy (non-hydrogen) atoms. The molecule has 5 nitrogen and oxygen atoms in total. The standard InChI is InChI=1S/C12H16ClN3O2/c1-12(2,10(14)17)7-15-11(18)16-9-5-3-8(13)4-6-9/h3-6H,7H2,1-2H3,(H2,14,17)(H2,15,16,18). The molecule has 0 heterocycles. The van der Waals surface area contributed by atoms with E-state index in [-0.39, 0.29) is 6.54 Å². The third kappa shape index (κ3) is 4.25. The zero-order valence-electron chi connectivity index (χ0n) is 10.3. The van der Waals surface area contributed by atoms with Crippen LogP contribution in [0.1, 0.15) is 13.8 Å². The van der Waals surface area contributed by atoms with Gasteiger partial charge in [0.2, 0.25) is 5.91 Å². The Morgan fingerprint density at radius 2 is 1.83 bits per heavy atom. The van der Waals surface area contributed by atoms with E-state index in [9.17, 15) is 9.59 Å². The topological polar surface area (TPSA) is 84.2 Å². The molecule has 0 spiro atoms. The van der Waals surface area contributed by atoms with Crippen molar-refractivity contribution in [2.75, 3.05) is 11.9 Å². The van der Waals surface area contributed by atoms with E-state index >= 15 is 0 Å². The number of anilines is 1. The number of nitrogens with two attached hydrogens (primary N) is 1. The molecular weight excluding hydrogens is 254 g/mol. The summed E-state index contributed by atoms with van der Waals surface area (Å²) >= 11 is 5.72.